The largest absolute Gasteiger partial charge is 0.383 e. The molecular formula is C12H23N5O3. The Hall–Kier alpha value is -1.80. The fourth-order valence-electron chi connectivity index (χ4n) is 1.77. The number of aromatic amines is 1. The Kier molecular flexibility index (Phi) is 6.26. The Labute approximate surface area is 117 Å². The van der Waals surface area contributed by atoms with Crippen molar-refractivity contribution in [3.05, 3.63) is 20.8 Å². The van der Waals surface area contributed by atoms with Crippen LogP contribution in [0.15, 0.2) is 9.59 Å². The lowest BCUT2D eigenvalue weighted by Gasteiger charge is -2.14. The summed E-state index contributed by atoms with van der Waals surface area (Å²) < 4.78 is 6.21. The number of anilines is 2. The summed E-state index contributed by atoms with van der Waals surface area (Å²) in [6.07, 6.45) is 0.864. The van der Waals surface area contributed by atoms with Crippen molar-refractivity contribution in [1.29, 1.82) is 0 Å². The minimum Gasteiger partial charge on any atom is -0.383 e. The topological polar surface area (TPSA) is 105 Å². The van der Waals surface area contributed by atoms with Crippen molar-refractivity contribution in [3.8, 4) is 0 Å². The number of ether oxygens (including phenoxy) is 1. The van der Waals surface area contributed by atoms with Gasteiger partial charge in [-0.15, -0.1) is 0 Å². The van der Waals surface area contributed by atoms with E-state index in [1.807, 2.05) is 14.1 Å². The molecule has 8 heteroatoms. The van der Waals surface area contributed by atoms with Gasteiger partial charge < -0.3 is 20.7 Å². The first-order valence-corrected chi connectivity index (χ1v) is 6.47. The zero-order valence-corrected chi connectivity index (χ0v) is 12.2. The number of hydrogen-bond acceptors (Lipinski definition) is 6. The van der Waals surface area contributed by atoms with Crippen molar-refractivity contribution < 1.29 is 4.74 Å². The smallest absolute Gasteiger partial charge is 0.330 e. The minimum atomic E-state index is -0.525. The van der Waals surface area contributed by atoms with Gasteiger partial charge in [-0.1, -0.05) is 0 Å². The summed E-state index contributed by atoms with van der Waals surface area (Å²) in [5.74, 6) is 0.139. The van der Waals surface area contributed by atoms with Crippen LogP contribution in [0.1, 0.15) is 6.42 Å². The number of rotatable bonds is 8. The molecular weight excluding hydrogens is 262 g/mol. The van der Waals surface area contributed by atoms with Gasteiger partial charge in [0.1, 0.15) is 11.5 Å². The van der Waals surface area contributed by atoms with Crippen LogP contribution in [-0.2, 0) is 11.3 Å². The maximum Gasteiger partial charge on any atom is 0.330 e. The molecule has 0 radical (unpaired) electrons. The number of nitrogens with two attached hydrogens (primary N) is 1. The van der Waals surface area contributed by atoms with Crippen LogP contribution < -0.4 is 22.3 Å². The molecule has 0 atom stereocenters. The standard InChI is InChI=1S/C12H23N5O3/c1-16(2)6-4-5-14-9-10(13)17(7-8-20-3)12(19)15-11(9)18/h14H,4-8,13H2,1-3H3,(H,15,18,19). The molecule has 0 aliphatic heterocycles. The zero-order chi connectivity index (χ0) is 15.1. The molecule has 0 unspecified atom stereocenters. The van der Waals surface area contributed by atoms with Gasteiger partial charge in [0.25, 0.3) is 5.56 Å². The Morgan fingerprint density at radius 2 is 2.10 bits per heavy atom. The third-order valence-corrected chi connectivity index (χ3v) is 2.84. The third kappa shape index (κ3) is 4.39. The van der Waals surface area contributed by atoms with Gasteiger partial charge >= 0.3 is 5.69 Å². The van der Waals surface area contributed by atoms with E-state index in [1.165, 1.54) is 11.7 Å². The molecule has 0 fully saturated rings. The van der Waals surface area contributed by atoms with E-state index in [0.29, 0.717) is 19.7 Å². The number of hydrogen-bond donors (Lipinski definition) is 3. The molecule has 1 rings (SSSR count). The van der Waals surface area contributed by atoms with E-state index in [1.54, 1.807) is 0 Å². The second-order valence-electron chi connectivity index (χ2n) is 4.75. The third-order valence-electron chi connectivity index (χ3n) is 2.84. The van der Waals surface area contributed by atoms with Crippen LogP contribution in [0, 0.1) is 0 Å². The van der Waals surface area contributed by atoms with E-state index in [-0.39, 0.29) is 11.5 Å². The molecule has 4 N–H and O–H groups in total. The molecule has 8 nitrogen and oxygen atoms in total. The number of H-pyrrole nitrogens is 1. The van der Waals surface area contributed by atoms with Gasteiger partial charge in [-0.3, -0.25) is 14.3 Å². The summed E-state index contributed by atoms with van der Waals surface area (Å²) in [5.41, 5.74) is 5.10. The van der Waals surface area contributed by atoms with Crippen molar-refractivity contribution >= 4 is 11.5 Å². The first kappa shape index (κ1) is 16.3. The van der Waals surface area contributed by atoms with Gasteiger partial charge in [0, 0.05) is 13.7 Å². The van der Waals surface area contributed by atoms with Crippen molar-refractivity contribution in [2.45, 2.75) is 13.0 Å². The highest BCUT2D eigenvalue weighted by atomic mass is 16.5. The van der Waals surface area contributed by atoms with Crippen molar-refractivity contribution in [1.82, 2.24) is 14.5 Å². The first-order chi connectivity index (χ1) is 9.47. The average Bonchev–Trinajstić information content (AvgIpc) is 2.37. The predicted octanol–water partition coefficient (Wildman–Crippen LogP) is -0.871. The second-order valence-corrected chi connectivity index (χ2v) is 4.75. The lowest BCUT2D eigenvalue weighted by molar-refractivity contribution is 0.186. The van der Waals surface area contributed by atoms with E-state index in [2.05, 4.69) is 15.2 Å². The molecule has 0 aliphatic carbocycles. The molecule has 0 saturated heterocycles. The van der Waals surface area contributed by atoms with Gasteiger partial charge in [0.05, 0.1) is 13.2 Å². The van der Waals surface area contributed by atoms with Gasteiger partial charge in [-0.2, -0.15) is 0 Å². The zero-order valence-electron chi connectivity index (χ0n) is 12.2. The van der Waals surface area contributed by atoms with Crippen molar-refractivity contribution in [2.24, 2.45) is 0 Å². The Morgan fingerprint density at radius 3 is 2.70 bits per heavy atom. The van der Waals surface area contributed by atoms with Crippen molar-refractivity contribution in [2.75, 3.05) is 52.0 Å². The highest BCUT2D eigenvalue weighted by molar-refractivity contribution is 5.60. The molecule has 1 aromatic heterocycles. The Bertz CT molecular complexity index is 535. The van der Waals surface area contributed by atoms with E-state index in [9.17, 15) is 9.59 Å². The number of nitrogens with one attached hydrogen (secondary N) is 2. The SMILES string of the molecule is COCCn1c(N)c(NCCCN(C)C)c(=O)[nH]c1=O. The maximum absolute atomic E-state index is 11.8. The Morgan fingerprint density at radius 1 is 1.40 bits per heavy atom. The molecule has 0 aromatic carbocycles. The van der Waals surface area contributed by atoms with E-state index < -0.39 is 11.2 Å². The number of nitrogen functional groups attached to an aromatic ring is 1. The highest BCUT2D eigenvalue weighted by Crippen LogP contribution is 2.09. The second kappa shape index (κ2) is 7.71. The van der Waals surface area contributed by atoms with Crippen molar-refractivity contribution in [3.63, 3.8) is 0 Å². The van der Waals surface area contributed by atoms with E-state index in [0.717, 1.165) is 13.0 Å². The summed E-state index contributed by atoms with van der Waals surface area (Å²) in [6.45, 7) is 2.14. The normalized spacial score (nSPS) is 11.0. The molecule has 0 amide bonds. The maximum atomic E-state index is 11.8. The molecule has 1 heterocycles. The summed E-state index contributed by atoms with van der Waals surface area (Å²) in [4.78, 5) is 27.7. The molecule has 0 spiro atoms. The van der Waals surface area contributed by atoms with Crippen LogP contribution in [0.25, 0.3) is 0 Å². The number of aromatic nitrogens is 2. The average molecular weight is 285 g/mol. The van der Waals surface area contributed by atoms with Crippen LogP contribution in [0.2, 0.25) is 0 Å². The summed E-state index contributed by atoms with van der Waals surface area (Å²) in [6, 6.07) is 0. The highest BCUT2D eigenvalue weighted by Gasteiger charge is 2.11. The molecule has 0 bridgehead atoms. The van der Waals surface area contributed by atoms with Gasteiger partial charge in [0.2, 0.25) is 0 Å². The van der Waals surface area contributed by atoms with E-state index in [4.69, 9.17) is 10.5 Å². The quantitative estimate of drug-likeness (QED) is 0.536. The molecule has 114 valence electrons. The van der Waals surface area contributed by atoms with Gasteiger partial charge in [-0.05, 0) is 27.1 Å². The summed E-state index contributed by atoms with van der Waals surface area (Å²) in [7, 11) is 5.49. The number of nitrogens with zero attached hydrogens (tertiary/aromatic N) is 2. The van der Waals surface area contributed by atoms with Gasteiger partial charge in [-0.25, -0.2) is 4.79 Å². The van der Waals surface area contributed by atoms with Crippen LogP contribution in [0.4, 0.5) is 11.5 Å². The van der Waals surface area contributed by atoms with Crippen LogP contribution in [0.5, 0.6) is 0 Å². The summed E-state index contributed by atoms with van der Waals surface area (Å²) in [5, 5.41) is 2.98. The summed E-state index contributed by atoms with van der Waals surface area (Å²) >= 11 is 0. The minimum absolute atomic E-state index is 0.139. The predicted molar refractivity (Wildman–Crippen MR) is 79.3 cm³/mol. The van der Waals surface area contributed by atoms with Crippen LogP contribution >= 0.6 is 0 Å². The fourth-order valence-corrected chi connectivity index (χ4v) is 1.77. The molecule has 0 aliphatic rings. The number of methoxy groups -OCH3 is 1. The van der Waals surface area contributed by atoms with Crippen LogP contribution in [0.3, 0.4) is 0 Å². The molecule has 0 saturated carbocycles. The van der Waals surface area contributed by atoms with Crippen LogP contribution in [-0.4, -0.2) is 55.4 Å². The Balaban J connectivity index is 2.84. The molecule has 1 aromatic rings. The molecule has 20 heavy (non-hydrogen) atoms. The van der Waals surface area contributed by atoms with Gasteiger partial charge in [0.15, 0.2) is 0 Å². The first-order valence-electron chi connectivity index (χ1n) is 6.47. The lowest BCUT2D eigenvalue weighted by Crippen LogP contribution is -2.35. The monoisotopic (exact) mass is 285 g/mol. The van der Waals surface area contributed by atoms with E-state index >= 15 is 0 Å². The lowest BCUT2D eigenvalue weighted by atomic mass is 10.3. The fraction of sp³-hybridized carbons (Fsp3) is 0.667.